The number of aromatic nitrogens is 1. The Morgan fingerprint density at radius 2 is 2.05 bits per heavy atom. The van der Waals surface area contributed by atoms with E-state index in [1.54, 1.807) is 0 Å². The van der Waals surface area contributed by atoms with Crippen molar-refractivity contribution in [2.45, 2.75) is 45.6 Å². The third kappa shape index (κ3) is 2.90. The lowest BCUT2D eigenvalue weighted by Crippen LogP contribution is -2.25. The van der Waals surface area contributed by atoms with Gasteiger partial charge in [0, 0.05) is 19.3 Å². The van der Waals surface area contributed by atoms with Gasteiger partial charge in [-0.25, -0.2) is 0 Å². The molecule has 108 valence electrons. The number of hydrogen-bond acceptors (Lipinski definition) is 1. The van der Waals surface area contributed by atoms with Gasteiger partial charge in [-0.2, -0.15) is 0 Å². The molecule has 1 N–H and O–H groups in total. The van der Waals surface area contributed by atoms with Crippen LogP contribution in [0.15, 0.2) is 30.5 Å². The molecule has 1 heterocycles. The van der Waals surface area contributed by atoms with Gasteiger partial charge in [-0.3, -0.25) is 0 Å². The standard InChI is InChI=1S/C18H26N2/c1-2-16-8-5-9-17-10-12-20(18(16)17)13-11-19-14-15-6-3-4-7-15/h5,8-10,12,15,19H,2-4,6-7,11,13-14H2,1H3. The number of benzene rings is 1. The molecular weight excluding hydrogens is 244 g/mol. The van der Waals surface area contributed by atoms with Crippen LogP contribution in [0.4, 0.5) is 0 Å². The first-order valence-electron chi connectivity index (χ1n) is 8.16. The highest BCUT2D eigenvalue weighted by molar-refractivity contribution is 5.83. The third-order valence-corrected chi connectivity index (χ3v) is 4.69. The Morgan fingerprint density at radius 1 is 1.20 bits per heavy atom. The smallest absolute Gasteiger partial charge is 0.0513 e. The molecule has 1 aliphatic rings. The summed E-state index contributed by atoms with van der Waals surface area (Å²) in [5.74, 6) is 0.933. The van der Waals surface area contributed by atoms with E-state index in [2.05, 4.69) is 47.3 Å². The summed E-state index contributed by atoms with van der Waals surface area (Å²) < 4.78 is 2.41. The van der Waals surface area contributed by atoms with Crippen molar-refractivity contribution in [3.63, 3.8) is 0 Å². The fraction of sp³-hybridized carbons (Fsp3) is 0.556. The number of para-hydroxylation sites is 1. The topological polar surface area (TPSA) is 17.0 Å². The molecule has 0 amide bonds. The molecule has 0 spiro atoms. The fourth-order valence-electron chi connectivity index (χ4n) is 3.53. The third-order valence-electron chi connectivity index (χ3n) is 4.69. The maximum absolute atomic E-state index is 3.65. The first-order valence-corrected chi connectivity index (χ1v) is 8.16. The molecule has 1 aromatic heterocycles. The van der Waals surface area contributed by atoms with Crippen molar-refractivity contribution in [3.05, 3.63) is 36.0 Å². The number of aryl methyl sites for hydroxylation is 1. The van der Waals surface area contributed by atoms with Crippen LogP contribution in [0, 0.1) is 5.92 Å². The fourth-order valence-corrected chi connectivity index (χ4v) is 3.53. The lowest BCUT2D eigenvalue weighted by Gasteiger charge is -2.12. The van der Waals surface area contributed by atoms with Gasteiger partial charge in [-0.05, 0) is 48.7 Å². The van der Waals surface area contributed by atoms with E-state index in [0.29, 0.717) is 0 Å². The Balaban J connectivity index is 1.59. The second-order valence-corrected chi connectivity index (χ2v) is 6.07. The van der Waals surface area contributed by atoms with E-state index in [4.69, 9.17) is 0 Å². The van der Waals surface area contributed by atoms with Gasteiger partial charge in [0.05, 0.1) is 5.52 Å². The van der Waals surface area contributed by atoms with Gasteiger partial charge >= 0.3 is 0 Å². The predicted molar refractivity (Wildman–Crippen MR) is 86.1 cm³/mol. The van der Waals surface area contributed by atoms with E-state index < -0.39 is 0 Å². The number of hydrogen-bond donors (Lipinski definition) is 1. The summed E-state index contributed by atoms with van der Waals surface area (Å²) in [7, 11) is 0. The zero-order valence-electron chi connectivity index (χ0n) is 12.6. The molecular formula is C18H26N2. The highest BCUT2D eigenvalue weighted by atomic mass is 15.0. The summed E-state index contributed by atoms with van der Waals surface area (Å²) in [6.45, 7) is 5.61. The summed E-state index contributed by atoms with van der Waals surface area (Å²) in [5.41, 5.74) is 2.89. The summed E-state index contributed by atoms with van der Waals surface area (Å²) in [6.07, 6.45) is 9.08. The Bertz CT molecular complexity index is 550. The van der Waals surface area contributed by atoms with E-state index in [0.717, 1.165) is 25.4 Å². The van der Waals surface area contributed by atoms with Crippen LogP contribution in [-0.4, -0.2) is 17.7 Å². The Morgan fingerprint density at radius 3 is 2.85 bits per heavy atom. The highest BCUT2D eigenvalue weighted by Gasteiger charge is 2.13. The van der Waals surface area contributed by atoms with Crippen molar-refractivity contribution in [1.29, 1.82) is 0 Å². The van der Waals surface area contributed by atoms with E-state index in [1.807, 2.05) is 0 Å². The van der Waals surface area contributed by atoms with Crippen molar-refractivity contribution in [1.82, 2.24) is 9.88 Å². The molecule has 1 aromatic carbocycles. The van der Waals surface area contributed by atoms with Crippen LogP contribution in [0.1, 0.15) is 38.2 Å². The molecule has 0 radical (unpaired) electrons. The molecule has 20 heavy (non-hydrogen) atoms. The molecule has 1 saturated carbocycles. The summed E-state index contributed by atoms with van der Waals surface area (Å²) >= 11 is 0. The quantitative estimate of drug-likeness (QED) is 0.786. The average Bonchev–Trinajstić information content (AvgIpc) is 3.13. The van der Waals surface area contributed by atoms with Crippen LogP contribution in [0.5, 0.6) is 0 Å². The maximum atomic E-state index is 3.65. The highest BCUT2D eigenvalue weighted by Crippen LogP contribution is 2.24. The first-order chi connectivity index (χ1) is 9.88. The largest absolute Gasteiger partial charge is 0.346 e. The van der Waals surface area contributed by atoms with Crippen molar-refractivity contribution in [3.8, 4) is 0 Å². The molecule has 3 rings (SSSR count). The van der Waals surface area contributed by atoms with E-state index in [-0.39, 0.29) is 0 Å². The lowest BCUT2D eigenvalue weighted by molar-refractivity contribution is 0.478. The van der Waals surface area contributed by atoms with Crippen LogP contribution >= 0.6 is 0 Å². The number of nitrogens with one attached hydrogen (secondary N) is 1. The Hall–Kier alpha value is -1.28. The molecule has 1 fully saturated rings. The molecule has 2 heteroatoms. The van der Waals surface area contributed by atoms with Gasteiger partial charge < -0.3 is 9.88 Å². The minimum Gasteiger partial charge on any atom is -0.346 e. The van der Waals surface area contributed by atoms with Gasteiger partial charge in [0.15, 0.2) is 0 Å². The van der Waals surface area contributed by atoms with E-state index >= 15 is 0 Å². The summed E-state index contributed by atoms with van der Waals surface area (Å²) in [5, 5.41) is 5.02. The SMILES string of the molecule is CCc1cccc2ccn(CCNCC3CCCC3)c12. The first kappa shape index (κ1) is 13.7. The Labute approximate surface area is 122 Å². The second kappa shape index (κ2) is 6.45. The van der Waals surface area contributed by atoms with Crippen LogP contribution in [0.25, 0.3) is 10.9 Å². The minimum absolute atomic E-state index is 0.933. The van der Waals surface area contributed by atoms with Gasteiger partial charge in [-0.15, -0.1) is 0 Å². The average molecular weight is 270 g/mol. The maximum Gasteiger partial charge on any atom is 0.0513 e. The van der Waals surface area contributed by atoms with Gasteiger partial charge in [0.2, 0.25) is 0 Å². The molecule has 0 aliphatic heterocycles. The number of fused-ring (bicyclic) bond motifs is 1. The van der Waals surface area contributed by atoms with Crippen molar-refractivity contribution < 1.29 is 0 Å². The van der Waals surface area contributed by atoms with Crippen molar-refractivity contribution in [2.75, 3.05) is 13.1 Å². The second-order valence-electron chi connectivity index (χ2n) is 6.07. The van der Waals surface area contributed by atoms with Gasteiger partial charge in [0.1, 0.15) is 0 Å². The van der Waals surface area contributed by atoms with Crippen molar-refractivity contribution >= 4 is 10.9 Å². The molecule has 1 aliphatic carbocycles. The predicted octanol–water partition coefficient (Wildman–Crippen LogP) is 3.98. The minimum atomic E-state index is 0.933. The molecule has 0 saturated heterocycles. The zero-order valence-corrected chi connectivity index (χ0v) is 12.6. The van der Waals surface area contributed by atoms with Crippen LogP contribution in [0.3, 0.4) is 0 Å². The molecule has 2 nitrogen and oxygen atoms in total. The van der Waals surface area contributed by atoms with Crippen LogP contribution < -0.4 is 5.32 Å². The Kier molecular flexibility index (Phi) is 4.41. The van der Waals surface area contributed by atoms with Gasteiger partial charge in [0.25, 0.3) is 0 Å². The molecule has 0 bridgehead atoms. The zero-order chi connectivity index (χ0) is 13.8. The van der Waals surface area contributed by atoms with E-state index in [1.165, 1.54) is 48.7 Å². The van der Waals surface area contributed by atoms with Gasteiger partial charge in [-0.1, -0.05) is 38.0 Å². The summed E-state index contributed by atoms with van der Waals surface area (Å²) in [4.78, 5) is 0. The molecule has 0 atom stereocenters. The van der Waals surface area contributed by atoms with E-state index in [9.17, 15) is 0 Å². The molecule has 2 aromatic rings. The molecule has 0 unspecified atom stereocenters. The monoisotopic (exact) mass is 270 g/mol. The normalized spacial score (nSPS) is 16.2. The lowest BCUT2D eigenvalue weighted by atomic mass is 10.1. The number of nitrogens with zero attached hydrogens (tertiary/aromatic N) is 1. The van der Waals surface area contributed by atoms with Crippen molar-refractivity contribution in [2.24, 2.45) is 5.92 Å². The summed E-state index contributed by atoms with van der Waals surface area (Å²) in [6, 6.07) is 8.89. The van der Waals surface area contributed by atoms with Crippen LogP contribution in [0.2, 0.25) is 0 Å². The van der Waals surface area contributed by atoms with Crippen LogP contribution in [-0.2, 0) is 13.0 Å². The number of rotatable bonds is 6.